The van der Waals surface area contributed by atoms with E-state index in [2.05, 4.69) is 0 Å². The lowest BCUT2D eigenvalue weighted by Gasteiger charge is -2.18. The van der Waals surface area contributed by atoms with Gasteiger partial charge in [0.1, 0.15) is 0 Å². The second-order valence-corrected chi connectivity index (χ2v) is 4.81. The number of hydrogen-bond donors (Lipinski definition) is 2. The third-order valence-corrected chi connectivity index (χ3v) is 3.25. The second kappa shape index (κ2) is 5.66. The van der Waals surface area contributed by atoms with Crippen LogP contribution in [-0.2, 0) is 0 Å². The Bertz CT molecular complexity index is 693. The summed E-state index contributed by atoms with van der Waals surface area (Å²) >= 11 is 0. The zero-order valence-electron chi connectivity index (χ0n) is 11.8. The molecule has 0 saturated heterocycles. The fourth-order valence-corrected chi connectivity index (χ4v) is 1.98. The van der Waals surface area contributed by atoms with Crippen molar-refractivity contribution in [3.05, 3.63) is 59.2 Å². The number of amides is 1. The Kier molecular flexibility index (Phi) is 3.93. The van der Waals surface area contributed by atoms with Gasteiger partial charge in [-0.2, -0.15) is 0 Å². The van der Waals surface area contributed by atoms with Gasteiger partial charge in [0.25, 0.3) is 5.91 Å². The molecule has 5 heteroatoms. The Morgan fingerprint density at radius 3 is 2.29 bits per heavy atom. The first-order valence-corrected chi connectivity index (χ1v) is 6.37. The average molecular weight is 284 g/mol. The van der Waals surface area contributed by atoms with Crippen LogP contribution in [-0.4, -0.2) is 24.0 Å². The Hall–Kier alpha value is -2.82. The van der Waals surface area contributed by atoms with Crippen molar-refractivity contribution in [2.45, 2.75) is 6.92 Å². The number of carboxylic acid groups (broad SMARTS) is 1. The Balaban J connectivity index is 2.30. The minimum absolute atomic E-state index is 0.176. The van der Waals surface area contributed by atoms with Gasteiger partial charge in [-0.15, -0.1) is 0 Å². The molecular weight excluding hydrogens is 268 g/mol. The molecule has 0 unspecified atom stereocenters. The minimum atomic E-state index is -1.00. The molecule has 2 aromatic rings. The fraction of sp³-hybridized carbons (Fsp3) is 0.125. The summed E-state index contributed by atoms with van der Waals surface area (Å²) in [7, 11) is 1.62. The molecule has 0 radical (unpaired) electrons. The van der Waals surface area contributed by atoms with E-state index in [0.717, 1.165) is 5.56 Å². The fourth-order valence-electron chi connectivity index (χ4n) is 1.98. The number of aromatic carboxylic acids is 1. The summed E-state index contributed by atoms with van der Waals surface area (Å²) in [4.78, 5) is 24.7. The first kappa shape index (κ1) is 14.6. The third kappa shape index (κ3) is 3.02. The number of rotatable bonds is 3. The number of nitrogen functional groups attached to an aromatic ring is 1. The normalized spacial score (nSPS) is 10.2. The Labute approximate surface area is 122 Å². The van der Waals surface area contributed by atoms with E-state index in [-0.39, 0.29) is 11.5 Å². The summed E-state index contributed by atoms with van der Waals surface area (Å²) in [6.07, 6.45) is 0. The van der Waals surface area contributed by atoms with Crippen molar-refractivity contribution in [3.63, 3.8) is 0 Å². The van der Waals surface area contributed by atoms with Crippen molar-refractivity contribution in [3.8, 4) is 0 Å². The van der Waals surface area contributed by atoms with Gasteiger partial charge >= 0.3 is 5.97 Å². The molecule has 21 heavy (non-hydrogen) atoms. The van der Waals surface area contributed by atoms with Crippen LogP contribution in [0.5, 0.6) is 0 Å². The van der Waals surface area contributed by atoms with Gasteiger partial charge in [0.15, 0.2) is 0 Å². The molecule has 0 aromatic heterocycles. The number of aryl methyl sites for hydroxylation is 1. The lowest BCUT2D eigenvalue weighted by Crippen LogP contribution is -2.27. The second-order valence-electron chi connectivity index (χ2n) is 4.81. The van der Waals surface area contributed by atoms with Gasteiger partial charge in [0.2, 0.25) is 0 Å². The van der Waals surface area contributed by atoms with Gasteiger partial charge in [0, 0.05) is 18.4 Å². The third-order valence-electron chi connectivity index (χ3n) is 3.25. The number of carbonyl (C=O) groups is 2. The predicted molar refractivity (Wildman–Crippen MR) is 81.7 cm³/mol. The summed E-state index contributed by atoms with van der Waals surface area (Å²) < 4.78 is 0. The molecule has 0 bridgehead atoms. The highest BCUT2D eigenvalue weighted by Gasteiger charge is 2.16. The van der Waals surface area contributed by atoms with Crippen LogP contribution in [0.3, 0.4) is 0 Å². The molecule has 0 saturated carbocycles. The zero-order chi connectivity index (χ0) is 15.6. The van der Waals surface area contributed by atoms with E-state index in [9.17, 15) is 9.59 Å². The van der Waals surface area contributed by atoms with E-state index in [4.69, 9.17) is 10.8 Å². The maximum absolute atomic E-state index is 12.5. The van der Waals surface area contributed by atoms with Gasteiger partial charge in [0.05, 0.1) is 11.1 Å². The maximum Gasteiger partial charge on any atom is 0.335 e. The van der Waals surface area contributed by atoms with Crippen LogP contribution in [0.25, 0.3) is 0 Å². The molecule has 3 N–H and O–H groups in total. The van der Waals surface area contributed by atoms with Crippen LogP contribution in [0.4, 0.5) is 11.4 Å². The van der Waals surface area contributed by atoms with E-state index >= 15 is 0 Å². The molecule has 0 atom stereocenters. The van der Waals surface area contributed by atoms with Crippen molar-refractivity contribution < 1.29 is 14.7 Å². The number of carboxylic acids is 1. The maximum atomic E-state index is 12.5. The van der Waals surface area contributed by atoms with Crippen molar-refractivity contribution in [1.29, 1.82) is 0 Å². The molecule has 2 rings (SSSR count). The Morgan fingerprint density at radius 2 is 1.71 bits per heavy atom. The molecule has 0 aliphatic rings. The Morgan fingerprint density at radius 1 is 1.10 bits per heavy atom. The highest BCUT2D eigenvalue weighted by molar-refractivity contribution is 6.09. The lowest BCUT2D eigenvalue weighted by atomic mass is 10.1. The molecule has 2 aromatic carbocycles. The first-order chi connectivity index (χ1) is 9.90. The van der Waals surface area contributed by atoms with Gasteiger partial charge in [-0.3, -0.25) is 4.79 Å². The highest BCUT2D eigenvalue weighted by atomic mass is 16.4. The van der Waals surface area contributed by atoms with Crippen LogP contribution < -0.4 is 10.6 Å². The van der Waals surface area contributed by atoms with Gasteiger partial charge in [-0.25, -0.2) is 4.79 Å². The van der Waals surface area contributed by atoms with Crippen molar-refractivity contribution in [2.24, 2.45) is 0 Å². The van der Waals surface area contributed by atoms with Crippen LogP contribution >= 0.6 is 0 Å². The van der Waals surface area contributed by atoms with E-state index in [1.807, 2.05) is 13.0 Å². The minimum Gasteiger partial charge on any atom is -0.478 e. The van der Waals surface area contributed by atoms with E-state index in [1.165, 1.54) is 17.0 Å². The molecule has 1 amide bonds. The summed E-state index contributed by atoms with van der Waals surface area (Å²) in [6.45, 7) is 1.89. The quantitative estimate of drug-likeness (QED) is 0.848. The molecule has 0 aliphatic carbocycles. The molecule has 0 aliphatic heterocycles. The number of hydrogen-bond acceptors (Lipinski definition) is 3. The molecule has 5 nitrogen and oxygen atoms in total. The van der Waals surface area contributed by atoms with Crippen LogP contribution in [0.15, 0.2) is 42.5 Å². The summed E-state index contributed by atoms with van der Waals surface area (Å²) in [5.74, 6) is -1.24. The first-order valence-electron chi connectivity index (χ1n) is 6.37. The van der Waals surface area contributed by atoms with Crippen LogP contribution in [0.2, 0.25) is 0 Å². The largest absolute Gasteiger partial charge is 0.478 e. The van der Waals surface area contributed by atoms with Crippen LogP contribution in [0, 0.1) is 6.92 Å². The van der Waals surface area contributed by atoms with Crippen molar-refractivity contribution >= 4 is 23.3 Å². The molecular formula is C16H16N2O3. The molecule has 0 fully saturated rings. The topological polar surface area (TPSA) is 83.6 Å². The van der Waals surface area contributed by atoms with E-state index < -0.39 is 5.97 Å². The van der Waals surface area contributed by atoms with E-state index in [0.29, 0.717) is 16.9 Å². The number of nitrogens with two attached hydrogens (primary N) is 1. The van der Waals surface area contributed by atoms with Crippen molar-refractivity contribution in [2.75, 3.05) is 17.7 Å². The summed E-state index contributed by atoms with van der Waals surface area (Å²) in [5, 5.41) is 8.87. The molecule has 0 heterocycles. The van der Waals surface area contributed by atoms with Gasteiger partial charge < -0.3 is 15.7 Å². The number of anilines is 2. The van der Waals surface area contributed by atoms with Gasteiger partial charge in [-0.1, -0.05) is 11.6 Å². The molecule has 108 valence electrons. The standard InChI is InChI=1S/C16H16N2O3/c1-10-3-8-14(17)13(9-10)15(19)18(2)12-6-4-11(5-7-12)16(20)21/h3-9H,17H2,1-2H3,(H,20,21). The molecule has 0 spiro atoms. The van der Waals surface area contributed by atoms with E-state index in [1.54, 1.807) is 31.3 Å². The number of nitrogens with zero attached hydrogens (tertiary/aromatic N) is 1. The number of carbonyl (C=O) groups excluding carboxylic acids is 1. The average Bonchev–Trinajstić information content (AvgIpc) is 2.48. The SMILES string of the molecule is Cc1ccc(N)c(C(=O)N(C)c2ccc(C(=O)O)cc2)c1. The summed E-state index contributed by atoms with van der Waals surface area (Å²) in [6, 6.07) is 11.4. The predicted octanol–water partition coefficient (Wildman–Crippen LogP) is 2.55. The van der Waals surface area contributed by atoms with Crippen molar-refractivity contribution in [1.82, 2.24) is 0 Å². The van der Waals surface area contributed by atoms with Crippen LogP contribution in [0.1, 0.15) is 26.3 Å². The highest BCUT2D eigenvalue weighted by Crippen LogP contribution is 2.20. The smallest absolute Gasteiger partial charge is 0.335 e. The van der Waals surface area contributed by atoms with Gasteiger partial charge in [-0.05, 0) is 43.3 Å². The number of benzene rings is 2. The lowest BCUT2D eigenvalue weighted by molar-refractivity contribution is 0.0696. The summed E-state index contributed by atoms with van der Waals surface area (Å²) in [5.41, 5.74) is 8.42. The monoisotopic (exact) mass is 284 g/mol. The zero-order valence-corrected chi connectivity index (χ0v) is 11.8.